The van der Waals surface area contributed by atoms with Gasteiger partial charge in [-0.1, -0.05) is 0 Å². The number of ketones is 1. The van der Waals surface area contributed by atoms with Gasteiger partial charge in [0.25, 0.3) is 0 Å². The van der Waals surface area contributed by atoms with Crippen molar-refractivity contribution in [2.45, 2.75) is 25.4 Å². The van der Waals surface area contributed by atoms with Gasteiger partial charge in [0.15, 0.2) is 5.78 Å². The van der Waals surface area contributed by atoms with Crippen LogP contribution in [0.4, 0.5) is 0 Å². The molecule has 1 aliphatic rings. The van der Waals surface area contributed by atoms with Crippen LogP contribution in [0.15, 0.2) is 12.2 Å². The van der Waals surface area contributed by atoms with Gasteiger partial charge in [0, 0.05) is 6.42 Å². The standard InChI is InChI=1S/C7H10O2/c1-7(9)4-2-6(8)3-5-7/h2,4,9H,3,5H2,1H3/t7-/m1/s1. The Bertz CT molecular complexity index is 156. The van der Waals surface area contributed by atoms with Gasteiger partial charge in [-0.25, -0.2) is 0 Å². The van der Waals surface area contributed by atoms with Crippen LogP contribution >= 0.6 is 0 Å². The van der Waals surface area contributed by atoms with E-state index in [0.29, 0.717) is 12.8 Å². The first-order valence-electron chi connectivity index (χ1n) is 3.05. The van der Waals surface area contributed by atoms with Gasteiger partial charge in [-0.3, -0.25) is 4.79 Å². The Kier molecular flexibility index (Phi) is 1.41. The van der Waals surface area contributed by atoms with Crippen LogP contribution in [0.5, 0.6) is 0 Å². The van der Waals surface area contributed by atoms with Crippen LogP contribution in [0.1, 0.15) is 19.8 Å². The van der Waals surface area contributed by atoms with Gasteiger partial charge in [0.05, 0.1) is 5.60 Å². The molecule has 9 heavy (non-hydrogen) atoms. The van der Waals surface area contributed by atoms with E-state index in [1.54, 1.807) is 13.0 Å². The summed E-state index contributed by atoms with van der Waals surface area (Å²) in [5, 5.41) is 9.25. The third-order valence-electron chi connectivity index (χ3n) is 1.51. The minimum absolute atomic E-state index is 0.113. The van der Waals surface area contributed by atoms with Crippen LogP contribution in [-0.2, 0) is 4.79 Å². The highest BCUT2D eigenvalue weighted by molar-refractivity contribution is 5.90. The van der Waals surface area contributed by atoms with Crippen LogP contribution in [0.2, 0.25) is 0 Å². The molecule has 0 unspecified atom stereocenters. The zero-order valence-corrected chi connectivity index (χ0v) is 5.42. The maximum atomic E-state index is 10.6. The summed E-state index contributed by atoms with van der Waals surface area (Å²) in [6.07, 6.45) is 4.04. The highest BCUT2D eigenvalue weighted by Crippen LogP contribution is 2.18. The number of aliphatic hydroxyl groups is 1. The van der Waals surface area contributed by atoms with Crippen molar-refractivity contribution >= 4 is 5.78 Å². The Morgan fingerprint density at radius 1 is 1.78 bits per heavy atom. The van der Waals surface area contributed by atoms with E-state index in [1.807, 2.05) is 0 Å². The van der Waals surface area contributed by atoms with Crippen molar-refractivity contribution in [3.05, 3.63) is 12.2 Å². The molecular weight excluding hydrogens is 116 g/mol. The molecule has 0 heterocycles. The minimum atomic E-state index is -0.742. The molecule has 1 N–H and O–H groups in total. The summed E-state index contributed by atoms with van der Waals surface area (Å²) in [4.78, 5) is 10.6. The average molecular weight is 126 g/mol. The van der Waals surface area contributed by atoms with Crippen molar-refractivity contribution in [1.29, 1.82) is 0 Å². The molecule has 0 fully saturated rings. The van der Waals surface area contributed by atoms with E-state index in [1.165, 1.54) is 6.08 Å². The Hall–Kier alpha value is -0.630. The van der Waals surface area contributed by atoms with E-state index < -0.39 is 5.60 Å². The lowest BCUT2D eigenvalue weighted by atomic mass is 9.93. The second-order valence-electron chi connectivity index (χ2n) is 2.66. The predicted octanol–water partition coefficient (Wildman–Crippen LogP) is 0.656. The molecule has 0 saturated carbocycles. The molecule has 2 nitrogen and oxygen atoms in total. The summed E-state index contributed by atoms with van der Waals surface area (Å²) in [5.74, 6) is 0.113. The van der Waals surface area contributed by atoms with E-state index in [4.69, 9.17) is 0 Å². The molecule has 1 aliphatic carbocycles. The Morgan fingerprint density at radius 2 is 2.44 bits per heavy atom. The molecule has 0 saturated heterocycles. The number of carbonyl (C=O) groups is 1. The zero-order valence-electron chi connectivity index (χ0n) is 5.42. The van der Waals surface area contributed by atoms with Crippen molar-refractivity contribution < 1.29 is 9.90 Å². The fourth-order valence-electron chi connectivity index (χ4n) is 0.815. The maximum Gasteiger partial charge on any atom is 0.155 e. The number of carbonyl (C=O) groups excluding carboxylic acids is 1. The van der Waals surface area contributed by atoms with Gasteiger partial charge in [-0.15, -0.1) is 0 Å². The van der Waals surface area contributed by atoms with Crippen molar-refractivity contribution in [3.63, 3.8) is 0 Å². The first-order valence-corrected chi connectivity index (χ1v) is 3.05. The zero-order chi connectivity index (χ0) is 6.91. The van der Waals surface area contributed by atoms with E-state index in [0.717, 1.165) is 0 Å². The van der Waals surface area contributed by atoms with E-state index in [9.17, 15) is 9.90 Å². The van der Waals surface area contributed by atoms with Gasteiger partial charge in [0.2, 0.25) is 0 Å². The fraction of sp³-hybridized carbons (Fsp3) is 0.571. The van der Waals surface area contributed by atoms with Crippen LogP contribution < -0.4 is 0 Å². The largest absolute Gasteiger partial charge is 0.386 e. The van der Waals surface area contributed by atoms with Crippen LogP contribution in [0.25, 0.3) is 0 Å². The maximum absolute atomic E-state index is 10.6. The molecule has 0 bridgehead atoms. The molecule has 0 aromatic carbocycles. The van der Waals surface area contributed by atoms with Gasteiger partial charge < -0.3 is 5.11 Å². The quantitative estimate of drug-likeness (QED) is 0.517. The molecule has 2 heteroatoms. The highest BCUT2D eigenvalue weighted by atomic mass is 16.3. The summed E-state index contributed by atoms with van der Waals surface area (Å²) in [5.41, 5.74) is -0.742. The molecule has 0 spiro atoms. The SMILES string of the molecule is C[C@@]1(O)C=CC(=O)CC1. The number of allylic oxidation sites excluding steroid dienone is 1. The lowest BCUT2D eigenvalue weighted by molar-refractivity contribution is -0.116. The lowest BCUT2D eigenvalue weighted by Gasteiger charge is -2.20. The smallest absolute Gasteiger partial charge is 0.155 e. The second kappa shape index (κ2) is 1.95. The van der Waals surface area contributed by atoms with Crippen LogP contribution in [-0.4, -0.2) is 16.5 Å². The van der Waals surface area contributed by atoms with Gasteiger partial charge in [-0.05, 0) is 25.5 Å². The number of hydrogen-bond donors (Lipinski definition) is 1. The van der Waals surface area contributed by atoms with Crippen molar-refractivity contribution in [2.75, 3.05) is 0 Å². The molecule has 0 amide bonds. The summed E-state index contributed by atoms with van der Waals surface area (Å²) in [6.45, 7) is 1.70. The van der Waals surface area contributed by atoms with Crippen molar-refractivity contribution in [3.8, 4) is 0 Å². The average Bonchev–Trinajstić information content (AvgIpc) is 1.78. The van der Waals surface area contributed by atoms with Gasteiger partial charge in [0.1, 0.15) is 0 Å². The molecule has 0 aromatic rings. The summed E-state index contributed by atoms with van der Waals surface area (Å²) < 4.78 is 0. The number of hydrogen-bond acceptors (Lipinski definition) is 2. The third kappa shape index (κ3) is 1.64. The van der Waals surface area contributed by atoms with E-state index in [2.05, 4.69) is 0 Å². The predicted molar refractivity (Wildman–Crippen MR) is 34.0 cm³/mol. The Labute approximate surface area is 54.2 Å². The normalized spacial score (nSPS) is 35.1. The molecular formula is C7H10O2. The minimum Gasteiger partial charge on any atom is -0.386 e. The molecule has 0 radical (unpaired) electrons. The molecule has 1 atom stereocenters. The van der Waals surface area contributed by atoms with Crippen molar-refractivity contribution in [1.82, 2.24) is 0 Å². The summed E-state index contributed by atoms with van der Waals surface area (Å²) in [7, 11) is 0. The van der Waals surface area contributed by atoms with Gasteiger partial charge in [-0.2, -0.15) is 0 Å². The molecule has 0 aromatic heterocycles. The first kappa shape index (κ1) is 6.49. The topological polar surface area (TPSA) is 37.3 Å². The molecule has 1 rings (SSSR count). The van der Waals surface area contributed by atoms with Crippen LogP contribution in [0.3, 0.4) is 0 Å². The van der Waals surface area contributed by atoms with Crippen LogP contribution in [0, 0.1) is 0 Å². The highest BCUT2D eigenvalue weighted by Gasteiger charge is 2.21. The molecule has 50 valence electrons. The Morgan fingerprint density at radius 3 is 2.78 bits per heavy atom. The third-order valence-corrected chi connectivity index (χ3v) is 1.51. The second-order valence-corrected chi connectivity index (χ2v) is 2.66. The first-order chi connectivity index (χ1) is 4.10. The molecule has 0 aliphatic heterocycles. The lowest BCUT2D eigenvalue weighted by Crippen LogP contribution is -2.25. The van der Waals surface area contributed by atoms with E-state index >= 15 is 0 Å². The fourth-order valence-corrected chi connectivity index (χ4v) is 0.815. The van der Waals surface area contributed by atoms with Gasteiger partial charge >= 0.3 is 0 Å². The number of rotatable bonds is 0. The van der Waals surface area contributed by atoms with Crippen molar-refractivity contribution in [2.24, 2.45) is 0 Å². The van der Waals surface area contributed by atoms with E-state index in [-0.39, 0.29) is 5.78 Å². The Balaban J connectivity index is 2.69. The summed E-state index contributed by atoms with van der Waals surface area (Å²) >= 11 is 0. The summed E-state index contributed by atoms with van der Waals surface area (Å²) in [6, 6.07) is 0. The monoisotopic (exact) mass is 126 g/mol.